The number of carboxylic acid groups (broad SMARTS) is 1. The number of nitrogens with zero attached hydrogens (tertiary/aromatic N) is 5. The van der Waals surface area contributed by atoms with E-state index in [2.05, 4.69) is 14.9 Å². The molecule has 1 saturated carbocycles. The lowest BCUT2D eigenvalue weighted by Gasteiger charge is -2.31. The SMILES string of the molecule is CCc1c(F)ccc2cc(OCOC)cc(-c3ncc4c(N5CC[C@H]6[C@@H](C5)[C@H]6C(=O)O)nc(OC[C@@]56CCCN5C[C@H](F)C6)nc4c3F)c12. The van der Waals surface area contributed by atoms with E-state index >= 15 is 8.78 Å². The first-order valence-electron chi connectivity index (χ1n) is 16.9. The molecule has 2 aromatic carbocycles. The van der Waals surface area contributed by atoms with Gasteiger partial charge in [0, 0.05) is 44.9 Å². The zero-order chi connectivity index (χ0) is 34.0. The molecule has 258 valence electrons. The number of alkyl halides is 1. The summed E-state index contributed by atoms with van der Waals surface area (Å²) in [5.41, 5.74) is 0.218. The highest BCUT2D eigenvalue weighted by atomic mass is 19.1. The Bertz CT molecular complexity index is 1960. The van der Waals surface area contributed by atoms with Crippen molar-refractivity contribution in [3.05, 3.63) is 47.7 Å². The van der Waals surface area contributed by atoms with E-state index in [0.29, 0.717) is 77.7 Å². The molecule has 1 aliphatic carbocycles. The van der Waals surface area contributed by atoms with Crippen molar-refractivity contribution < 1.29 is 37.3 Å². The Labute approximate surface area is 281 Å². The first-order valence-corrected chi connectivity index (χ1v) is 16.9. The van der Waals surface area contributed by atoms with Crippen LogP contribution >= 0.6 is 0 Å². The average molecular weight is 678 g/mol. The maximum absolute atomic E-state index is 17.1. The summed E-state index contributed by atoms with van der Waals surface area (Å²) in [6.45, 7) is 4.08. The fourth-order valence-corrected chi connectivity index (χ4v) is 8.69. The summed E-state index contributed by atoms with van der Waals surface area (Å²) in [5.74, 6) is -1.48. The molecule has 13 heteroatoms. The van der Waals surface area contributed by atoms with E-state index < -0.39 is 35.2 Å². The molecular formula is C36H38F3N5O5. The highest BCUT2D eigenvalue weighted by Gasteiger charge is 2.57. The first-order chi connectivity index (χ1) is 23.7. The normalized spacial score (nSPS) is 26.3. The van der Waals surface area contributed by atoms with Gasteiger partial charge in [-0.25, -0.2) is 13.2 Å². The standard InChI is InChI=1S/C36H38F3N5O5/c1-3-22-27(38)6-5-19-11-21(49-18-47-2)12-24(28(19)22)31-30(39)32-25(14-40-31)33(43-10-7-23-26(16-43)29(23)34(45)46)42-35(41-32)48-17-36-8-4-9-44(36)15-20(37)13-36/h5-6,11-12,14,20,23,26,29H,3-4,7-10,13,15-18H2,1-2H3,(H,45,46)/t20-,23+,26-,29+,36+/m1/s1. The zero-order valence-corrected chi connectivity index (χ0v) is 27.4. The monoisotopic (exact) mass is 677 g/mol. The number of fused-ring (bicyclic) bond motifs is 4. The second-order valence-electron chi connectivity index (χ2n) is 13.8. The van der Waals surface area contributed by atoms with Gasteiger partial charge >= 0.3 is 12.0 Å². The topological polar surface area (TPSA) is 110 Å². The number of carbonyl (C=O) groups is 1. The molecule has 3 aliphatic heterocycles. The summed E-state index contributed by atoms with van der Waals surface area (Å²) in [4.78, 5) is 29.9. The van der Waals surface area contributed by atoms with Gasteiger partial charge in [-0.05, 0) is 78.6 Å². The van der Waals surface area contributed by atoms with Crippen molar-refractivity contribution in [1.82, 2.24) is 19.9 Å². The van der Waals surface area contributed by atoms with E-state index in [0.717, 1.165) is 19.4 Å². The number of aromatic nitrogens is 3. The lowest BCUT2D eigenvalue weighted by molar-refractivity contribution is -0.139. The molecule has 3 saturated heterocycles. The number of piperidine rings is 1. The Hall–Kier alpha value is -4.23. The van der Waals surface area contributed by atoms with Crippen molar-refractivity contribution in [3.63, 3.8) is 0 Å². The number of methoxy groups -OCH3 is 1. The first kappa shape index (κ1) is 32.0. The Morgan fingerprint density at radius 1 is 1.12 bits per heavy atom. The maximum atomic E-state index is 17.1. The van der Waals surface area contributed by atoms with Crippen LogP contribution in [0.1, 0.15) is 38.2 Å². The fraction of sp³-hybridized carbons (Fsp3) is 0.500. The Balaban J connectivity index is 1.26. The Kier molecular flexibility index (Phi) is 8.02. The van der Waals surface area contributed by atoms with Crippen LogP contribution in [-0.4, -0.2) is 89.3 Å². The zero-order valence-electron chi connectivity index (χ0n) is 27.4. The van der Waals surface area contributed by atoms with Crippen LogP contribution in [0.5, 0.6) is 11.8 Å². The molecule has 5 atom stereocenters. The molecule has 8 rings (SSSR count). The Morgan fingerprint density at radius 3 is 2.78 bits per heavy atom. The summed E-state index contributed by atoms with van der Waals surface area (Å²) in [6, 6.07) is 6.35. The second-order valence-corrected chi connectivity index (χ2v) is 13.8. The quantitative estimate of drug-likeness (QED) is 0.208. The number of aryl methyl sites for hydroxylation is 1. The number of benzene rings is 2. The van der Waals surface area contributed by atoms with Crippen molar-refractivity contribution in [2.75, 3.05) is 51.6 Å². The smallest absolute Gasteiger partial charge is 0.319 e. The lowest BCUT2D eigenvalue weighted by atomic mass is 9.94. The van der Waals surface area contributed by atoms with Gasteiger partial charge < -0.3 is 24.2 Å². The largest absolute Gasteiger partial charge is 0.481 e. The highest BCUT2D eigenvalue weighted by Crippen LogP contribution is 2.52. The predicted molar refractivity (Wildman–Crippen MR) is 176 cm³/mol. The fourth-order valence-electron chi connectivity index (χ4n) is 8.69. The van der Waals surface area contributed by atoms with E-state index in [1.165, 1.54) is 19.4 Å². The van der Waals surface area contributed by atoms with E-state index in [-0.39, 0.29) is 42.5 Å². The summed E-state index contributed by atoms with van der Waals surface area (Å²) in [6.07, 6.45) is 3.68. The number of pyridine rings is 1. The van der Waals surface area contributed by atoms with Crippen molar-refractivity contribution in [2.24, 2.45) is 17.8 Å². The summed E-state index contributed by atoms with van der Waals surface area (Å²) in [5, 5.41) is 11.2. The van der Waals surface area contributed by atoms with Crippen LogP contribution in [0.25, 0.3) is 32.9 Å². The maximum Gasteiger partial charge on any atom is 0.319 e. The molecule has 0 bridgehead atoms. The molecule has 0 unspecified atom stereocenters. The Morgan fingerprint density at radius 2 is 1.98 bits per heavy atom. The van der Waals surface area contributed by atoms with Gasteiger partial charge in [0.05, 0.1) is 16.8 Å². The van der Waals surface area contributed by atoms with Gasteiger partial charge in [0.15, 0.2) is 12.6 Å². The minimum Gasteiger partial charge on any atom is -0.481 e. The van der Waals surface area contributed by atoms with E-state index in [1.807, 2.05) is 11.8 Å². The van der Waals surface area contributed by atoms with Crippen molar-refractivity contribution in [3.8, 4) is 23.0 Å². The minimum atomic E-state index is -0.943. The summed E-state index contributed by atoms with van der Waals surface area (Å²) < 4.78 is 63.8. The molecule has 2 aromatic heterocycles. The summed E-state index contributed by atoms with van der Waals surface area (Å²) >= 11 is 0. The van der Waals surface area contributed by atoms with Crippen LogP contribution in [-0.2, 0) is 16.0 Å². The van der Waals surface area contributed by atoms with Crippen molar-refractivity contribution in [2.45, 2.75) is 50.7 Å². The van der Waals surface area contributed by atoms with Gasteiger partial charge in [-0.15, -0.1) is 0 Å². The van der Waals surface area contributed by atoms with Gasteiger partial charge in [-0.1, -0.05) is 13.0 Å². The van der Waals surface area contributed by atoms with Crippen LogP contribution in [0.3, 0.4) is 0 Å². The third-order valence-corrected chi connectivity index (χ3v) is 11.0. The van der Waals surface area contributed by atoms with Crippen LogP contribution in [0, 0.1) is 29.4 Å². The number of hydrogen-bond donors (Lipinski definition) is 1. The van der Waals surface area contributed by atoms with Gasteiger partial charge in [0.1, 0.15) is 41.4 Å². The van der Waals surface area contributed by atoms with E-state index in [4.69, 9.17) is 19.2 Å². The number of ether oxygens (including phenoxy) is 3. The van der Waals surface area contributed by atoms with E-state index in [9.17, 15) is 14.3 Å². The van der Waals surface area contributed by atoms with Crippen LogP contribution in [0.2, 0.25) is 0 Å². The third kappa shape index (κ3) is 5.41. The number of carboxylic acids is 1. The molecule has 4 aromatic rings. The van der Waals surface area contributed by atoms with Gasteiger partial charge in [-0.3, -0.25) is 14.7 Å². The highest BCUT2D eigenvalue weighted by molar-refractivity contribution is 6.02. The van der Waals surface area contributed by atoms with Crippen LogP contribution < -0.4 is 14.4 Å². The number of halogens is 3. The van der Waals surface area contributed by atoms with Crippen LogP contribution in [0.15, 0.2) is 30.5 Å². The average Bonchev–Trinajstić information content (AvgIpc) is 3.57. The number of rotatable bonds is 10. The number of aliphatic carboxylic acids is 1. The molecule has 4 aliphatic rings. The molecule has 10 nitrogen and oxygen atoms in total. The van der Waals surface area contributed by atoms with Gasteiger partial charge in [0.25, 0.3) is 0 Å². The molecule has 1 N–H and O–H groups in total. The molecule has 0 amide bonds. The van der Waals surface area contributed by atoms with Crippen molar-refractivity contribution in [1.29, 1.82) is 0 Å². The van der Waals surface area contributed by atoms with Crippen LogP contribution in [0.4, 0.5) is 19.0 Å². The molecular weight excluding hydrogens is 639 g/mol. The molecule has 49 heavy (non-hydrogen) atoms. The van der Waals surface area contributed by atoms with Crippen molar-refractivity contribution >= 4 is 33.5 Å². The predicted octanol–water partition coefficient (Wildman–Crippen LogP) is 5.78. The third-order valence-electron chi connectivity index (χ3n) is 11.0. The molecule has 0 radical (unpaired) electrons. The molecule has 4 fully saturated rings. The van der Waals surface area contributed by atoms with Gasteiger partial charge in [0.2, 0.25) is 0 Å². The molecule has 5 heterocycles. The van der Waals surface area contributed by atoms with E-state index in [1.54, 1.807) is 18.2 Å². The summed E-state index contributed by atoms with van der Waals surface area (Å²) in [7, 11) is 1.49. The number of hydrogen-bond acceptors (Lipinski definition) is 9. The second kappa shape index (κ2) is 12.3. The minimum absolute atomic E-state index is 0.0286. The number of anilines is 1. The lowest BCUT2D eigenvalue weighted by Crippen LogP contribution is -2.43. The molecule has 0 spiro atoms. The van der Waals surface area contributed by atoms with Gasteiger partial charge in [-0.2, -0.15) is 9.97 Å².